The second kappa shape index (κ2) is 5.44. The van der Waals surface area contributed by atoms with E-state index in [4.69, 9.17) is 0 Å². The maximum Gasteiger partial charge on any atom is 0.238 e. The monoisotopic (exact) mass is 254 g/mol. The number of carbonyl (C=O) groups excluding carboxylic acids is 1. The SMILES string of the molecule is CCC1CC1NCC(=O)Nc1c(F)cccc1F. The molecule has 2 rings (SSSR count). The van der Waals surface area contributed by atoms with Gasteiger partial charge in [-0.15, -0.1) is 0 Å². The van der Waals surface area contributed by atoms with Crippen LogP contribution in [-0.4, -0.2) is 18.5 Å². The van der Waals surface area contributed by atoms with Gasteiger partial charge in [0.15, 0.2) is 0 Å². The van der Waals surface area contributed by atoms with Gasteiger partial charge < -0.3 is 10.6 Å². The number of nitrogens with one attached hydrogen (secondary N) is 2. The smallest absolute Gasteiger partial charge is 0.238 e. The van der Waals surface area contributed by atoms with E-state index in [0.717, 1.165) is 25.0 Å². The Balaban J connectivity index is 1.84. The number of hydrogen-bond acceptors (Lipinski definition) is 2. The average molecular weight is 254 g/mol. The third-order valence-corrected chi connectivity index (χ3v) is 3.20. The summed E-state index contributed by atoms with van der Waals surface area (Å²) in [6.45, 7) is 2.18. The van der Waals surface area contributed by atoms with E-state index in [0.29, 0.717) is 12.0 Å². The van der Waals surface area contributed by atoms with Crippen LogP contribution >= 0.6 is 0 Å². The molecule has 5 heteroatoms. The van der Waals surface area contributed by atoms with E-state index in [9.17, 15) is 13.6 Å². The molecule has 2 unspecified atom stereocenters. The molecule has 0 saturated heterocycles. The molecule has 0 heterocycles. The first-order valence-electron chi connectivity index (χ1n) is 6.09. The Kier molecular flexibility index (Phi) is 3.91. The van der Waals surface area contributed by atoms with Crippen LogP contribution in [0.25, 0.3) is 0 Å². The van der Waals surface area contributed by atoms with Crippen LogP contribution in [0, 0.1) is 17.6 Å². The highest BCUT2D eigenvalue weighted by molar-refractivity contribution is 5.92. The zero-order valence-corrected chi connectivity index (χ0v) is 10.2. The molecular formula is C13H16F2N2O. The Morgan fingerprint density at radius 3 is 2.61 bits per heavy atom. The number of benzene rings is 1. The van der Waals surface area contributed by atoms with E-state index >= 15 is 0 Å². The van der Waals surface area contributed by atoms with Crippen molar-refractivity contribution < 1.29 is 13.6 Å². The van der Waals surface area contributed by atoms with E-state index in [2.05, 4.69) is 17.6 Å². The van der Waals surface area contributed by atoms with Crippen molar-refractivity contribution >= 4 is 11.6 Å². The lowest BCUT2D eigenvalue weighted by Gasteiger charge is -2.08. The molecule has 0 aliphatic heterocycles. The number of halogens is 2. The van der Waals surface area contributed by atoms with Crippen LogP contribution in [0.5, 0.6) is 0 Å². The summed E-state index contributed by atoms with van der Waals surface area (Å²) in [5, 5.41) is 5.30. The molecule has 0 spiro atoms. The Hall–Kier alpha value is -1.49. The van der Waals surface area contributed by atoms with Crippen molar-refractivity contribution in [3.63, 3.8) is 0 Å². The third-order valence-electron chi connectivity index (χ3n) is 3.20. The van der Waals surface area contributed by atoms with Crippen molar-refractivity contribution in [2.24, 2.45) is 5.92 Å². The van der Waals surface area contributed by atoms with E-state index in [1.807, 2.05) is 0 Å². The molecule has 1 amide bonds. The predicted molar refractivity (Wildman–Crippen MR) is 65.2 cm³/mol. The summed E-state index contributed by atoms with van der Waals surface area (Å²) in [4.78, 5) is 11.5. The lowest BCUT2D eigenvalue weighted by molar-refractivity contribution is -0.115. The summed E-state index contributed by atoms with van der Waals surface area (Å²) < 4.78 is 26.5. The summed E-state index contributed by atoms with van der Waals surface area (Å²) in [6.07, 6.45) is 2.15. The molecule has 2 atom stereocenters. The number of para-hydroxylation sites is 1. The first-order valence-corrected chi connectivity index (χ1v) is 6.09. The van der Waals surface area contributed by atoms with Crippen LogP contribution in [-0.2, 0) is 4.79 Å². The Morgan fingerprint density at radius 2 is 2.06 bits per heavy atom. The predicted octanol–water partition coefficient (Wildman–Crippen LogP) is 2.29. The molecule has 0 bridgehead atoms. The number of hydrogen-bond donors (Lipinski definition) is 2. The summed E-state index contributed by atoms with van der Waals surface area (Å²) in [5.41, 5.74) is -0.382. The van der Waals surface area contributed by atoms with Crippen LogP contribution < -0.4 is 10.6 Å². The quantitative estimate of drug-likeness (QED) is 0.846. The summed E-state index contributed by atoms with van der Waals surface area (Å²) in [6, 6.07) is 3.85. The normalized spacial score (nSPS) is 21.7. The average Bonchev–Trinajstić information content (AvgIpc) is 3.10. The van der Waals surface area contributed by atoms with Crippen molar-refractivity contribution in [3.8, 4) is 0 Å². The molecule has 3 nitrogen and oxygen atoms in total. The molecule has 1 fully saturated rings. The number of carbonyl (C=O) groups is 1. The third kappa shape index (κ3) is 3.04. The maximum atomic E-state index is 13.3. The molecule has 0 aromatic heterocycles. The fourth-order valence-corrected chi connectivity index (χ4v) is 1.97. The van der Waals surface area contributed by atoms with Gasteiger partial charge in [-0.2, -0.15) is 0 Å². The fraction of sp³-hybridized carbons (Fsp3) is 0.462. The van der Waals surface area contributed by atoms with E-state index in [1.165, 1.54) is 6.07 Å². The van der Waals surface area contributed by atoms with Gasteiger partial charge in [-0.05, 0) is 24.5 Å². The number of amides is 1. The summed E-state index contributed by atoms with van der Waals surface area (Å²) in [7, 11) is 0. The maximum absolute atomic E-state index is 13.3. The Morgan fingerprint density at radius 1 is 1.39 bits per heavy atom. The van der Waals surface area contributed by atoms with Crippen molar-refractivity contribution in [2.45, 2.75) is 25.8 Å². The molecule has 0 radical (unpaired) electrons. The van der Waals surface area contributed by atoms with Crippen LogP contribution in [0.4, 0.5) is 14.5 Å². The van der Waals surface area contributed by atoms with Crippen LogP contribution in [0.3, 0.4) is 0 Å². The minimum atomic E-state index is -0.763. The van der Waals surface area contributed by atoms with Gasteiger partial charge in [0, 0.05) is 6.04 Å². The van der Waals surface area contributed by atoms with Gasteiger partial charge in [-0.25, -0.2) is 8.78 Å². The van der Waals surface area contributed by atoms with Gasteiger partial charge in [0.2, 0.25) is 5.91 Å². The fourth-order valence-electron chi connectivity index (χ4n) is 1.97. The summed E-state index contributed by atoms with van der Waals surface area (Å²) >= 11 is 0. The lowest BCUT2D eigenvalue weighted by Crippen LogP contribution is -2.30. The Labute approximate surface area is 105 Å². The second-order valence-corrected chi connectivity index (χ2v) is 4.54. The molecule has 98 valence electrons. The summed E-state index contributed by atoms with van der Waals surface area (Å²) in [5.74, 6) is -1.33. The first-order chi connectivity index (χ1) is 8.61. The van der Waals surface area contributed by atoms with Gasteiger partial charge in [-0.3, -0.25) is 4.79 Å². The van der Waals surface area contributed by atoms with E-state index in [-0.39, 0.29) is 12.2 Å². The highest BCUT2D eigenvalue weighted by Crippen LogP contribution is 2.32. The molecular weight excluding hydrogens is 238 g/mol. The highest BCUT2D eigenvalue weighted by atomic mass is 19.1. The van der Waals surface area contributed by atoms with Gasteiger partial charge >= 0.3 is 0 Å². The molecule has 1 aliphatic rings. The molecule has 18 heavy (non-hydrogen) atoms. The van der Waals surface area contributed by atoms with Gasteiger partial charge in [-0.1, -0.05) is 19.4 Å². The lowest BCUT2D eigenvalue weighted by atomic mass is 10.3. The van der Waals surface area contributed by atoms with Crippen molar-refractivity contribution in [1.82, 2.24) is 5.32 Å². The number of anilines is 1. The zero-order valence-electron chi connectivity index (χ0n) is 10.2. The minimum absolute atomic E-state index is 0.0783. The standard InChI is InChI=1S/C13H16F2N2O/c1-2-8-6-11(8)16-7-12(18)17-13-9(14)4-3-5-10(13)15/h3-5,8,11,16H,2,6-7H2,1H3,(H,17,18). The highest BCUT2D eigenvalue weighted by Gasteiger charge is 2.34. The van der Waals surface area contributed by atoms with Gasteiger partial charge in [0.25, 0.3) is 0 Å². The molecule has 1 aromatic carbocycles. The van der Waals surface area contributed by atoms with E-state index in [1.54, 1.807) is 0 Å². The van der Waals surface area contributed by atoms with Crippen molar-refractivity contribution in [1.29, 1.82) is 0 Å². The van der Waals surface area contributed by atoms with Gasteiger partial charge in [0.05, 0.1) is 6.54 Å². The van der Waals surface area contributed by atoms with Crippen molar-refractivity contribution in [3.05, 3.63) is 29.8 Å². The molecule has 2 N–H and O–H groups in total. The van der Waals surface area contributed by atoms with Crippen LogP contribution in [0.15, 0.2) is 18.2 Å². The zero-order chi connectivity index (χ0) is 13.1. The second-order valence-electron chi connectivity index (χ2n) is 4.54. The molecule has 1 saturated carbocycles. The van der Waals surface area contributed by atoms with Crippen molar-refractivity contribution in [2.75, 3.05) is 11.9 Å². The molecule has 1 aromatic rings. The van der Waals surface area contributed by atoms with Crippen LogP contribution in [0.2, 0.25) is 0 Å². The Bertz CT molecular complexity index is 430. The number of rotatable bonds is 5. The largest absolute Gasteiger partial charge is 0.320 e. The van der Waals surface area contributed by atoms with E-state index < -0.39 is 17.5 Å². The topological polar surface area (TPSA) is 41.1 Å². The van der Waals surface area contributed by atoms with Crippen LogP contribution in [0.1, 0.15) is 19.8 Å². The minimum Gasteiger partial charge on any atom is -0.320 e. The molecule has 1 aliphatic carbocycles. The first kappa shape index (κ1) is 13.0. The van der Waals surface area contributed by atoms with Gasteiger partial charge in [0.1, 0.15) is 17.3 Å².